The van der Waals surface area contributed by atoms with Crippen LogP contribution in [0, 0.1) is 0 Å². The Bertz CT molecular complexity index is 1530. The average molecular weight is 923 g/mol. The highest BCUT2D eigenvalue weighted by molar-refractivity contribution is 5.71. The minimum atomic E-state index is -0.843. The van der Waals surface area contributed by atoms with Crippen LogP contribution in [0.4, 0.5) is 0 Å². The van der Waals surface area contributed by atoms with Crippen molar-refractivity contribution < 1.29 is 28.6 Å². The molecule has 0 aliphatic rings. The Hall–Kier alpha value is -4.71. The van der Waals surface area contributed by atoms with Crippen LogP contribution in [0.5, 0.6) is 0 Å². The van der Waals surface area contributed by atoms with Gasteiger partial charge < -0.3 is 14.2 Å². The second-order valence-electron chi connectivity index (χ2n) is 16.7. The zero-order valence-corrected chi connectivity index (χ0v) is 42.6. The fourth-order valence-electron chi connectivity index (χ4n) is 6.42. The van der Waals surface area contributed by atoms with Crippen LogP contribution in [-0.2, 0) is 28.6 Å². The van der Waals surface area contributed by atoms with Crippen molar-refractivity contribution in [3.05, 3.63) is 146 Å². The number of carbonyl (C=O) groups is 3. The highest BCUT2D eigenvalue weighted by Crippen LogP contribution is 2.11. The topological polar surface area (TPSA) is 78.9 Å². The number of hydrogen-bond donors (Lipinski definition) is 0. The molecule has 0 aromatic rings. The van der Waals surface area contributed by atoms with Gasteiger partial charge in [0.25, 0.3) is 0 Å². The van der Waals surface area contributed by atoms with Gasteiger partial charge >= 0.3 is 17.9 Å². The van der Waals surface area contributed by atoms with Crippen molar-refractivity contribution in [2.45, 2.75) is 207 Å². The molecule has 0 aliphatic heterocycles. The number of ether oxygens (including phenoxy) is 3. The first-order chi connectivity index (χ1) is 33.0. The van der Waals surface area contributed by atoms with Crippen molar-refractivity contribution >= 4 is 17.9 Å². The monoisotopic (exact) mass is 923 g/mol. The molecule has 0 saturated heterocycles. The maximum atomic E-state index is 12.8. The molecule has 0 rings (SSSR count). The largest absolute Gasteiger partial charge is 0.462 e. The predicted molar refractivity (Wildman–Crippen MR) is 288 cm³/mol. The van der Waals surface area contributed by atoms with Gasteiger partial charge in [-0.3, -0.25) is 14.4 Å². The third-order valence-corrected chi connectivity index (χ3v) is 10.3. The molecule has 0 heterocycles. The van der Waals surface area contributed by atoms with Gasteiger partial charge in [0.2, 0.25) is 0 Å². The van der Waals surface area contributed by atoms with Crippen LogP contribution in [0.2, 0.25) is 0 Å². The summed E-state index contributed by atoms with van der Waals surface area (Å²) >= 11 is 0. The fourth-order valence-corrected chi connectivity index (χ4v) is 6.42. The second kappa shape index (κ2) is 53.9. The summed E-state index contributed by atoms with van der Waals surface area (Å²) < 4.78 is 16.7. The first-order valence-electron chi connectivity index (χ1n) is 26.3. The molecule has 0 unspecified atom stereocenters. The highest BCUT2D eigenvalue weighted by atomic mass is 16.6. The number of hydrogen-bond acceptors (Lipinski definition) is 6. The van der Waals surface area contributed by atoms with E-state index >= 15 is 0 Å². The van der Waals surface area contributed by atoms with Crippen molar-refractivity contribution in [3.63, 3.8) is 0 Å². The molecular weight excluding hydrogens is 829 g/mol. The lowest BCUT2D eigenvalue weighted by atomic mass is 10.1. The zero-order chi connectivity index (χ0) is 48.6. The molecule has 1 atom stereocenters. The van der Waals surface area contributed by atoms with Gasteiger partial charge in [0, 0.05) is 19.3 Å². The Morgan fingerprint density at radius 2 is 0.597 bits per heavy atom. The van der Waals surface area contributed by atoms with Crippen molar-refractivity contribution in [2.75, 3.05) is 13.2 Å². The second-order valence-corrected chi connectivity index (χ2v) is 16.7. The van der Waals surface area contributed by atoms with Gasteiger partial charge in [0.15, 0.2) is 6.10 Å². The summed E-state index contributed by atoms with van der Waals surface area (Å²) in [4.78, 5) is 38.0. The molecule has 0 amide bonds. The van der Waals surface area contributed by atoms with Gasteiger partial charge in [-0.25, -0.2) is 0 Å². The molecule has 0 aromatic carbocycles. The minimum Gasteiger partial charge on any atom is -0.462 e. The summed E-state index contributed by atoms with van der Waals surface area (Å²) in [5.74, 6) is -1.08. The maximum absolute atomic E-state index is 12.8. The standard InChI is InChI=1S/C61H94O6/c1-4-7-10-13-16-19-22-25-28-30-33-36-39-42-45-48-51-54-60(63)66-57-58(56-65-59(62)53-50-47-44-41-38-35-32-27-24-21-18-15-12-9-6-3)67-61(64)55-52-49-46-43-40-37-34-31-29-26-23-20-17-14-11-8-5-2/h7-8,10-11,16-21,25-29,32-34,36-37,42-43,45-46,58H,4-6,9,12-15,22-24,30-31,35,38-41,44,47-57H2,1-3H3/b10-7+,11-8+,19-16+,20-17+,21-18+,28-25+,29-26+,32-27+,36-33+,37-34+,45-42+,46-43+/t58-/m1/s1. The van der Waals surface area contributed by atoms with Gasteiger partial charge in [-0.2, -0.15) is 0 Å². The molecule has 0 aliphatic carbocycles. The summed E-state index contributed by atoms with van der Waals surface area (Å²) in [6.45, 7) is 6.25. The normalized spacial score (nSPS) is 13.3. The van der Waals surface area contributed by atoms with E-state index in [4.69, 9.17) is 14.2 Å². The van der Waals surface area contributed by atoms with E-state index in [1.54, 1.807) is 0 Å². The van der Waals surface area contributed by atoms with Gasteiger partial charge in [-0.15, -0.1) is 0 Å². The van der Waals surface area contributed by atoms with Gasteiger partial charge in [0.05, 0.1) is 0 Å². The first-order valence-corrected chi connectivity index (χ1v) is 26.3. The lowest BCUT2D eigenvalue weighted by Crippen LogP contribution is -2.30. The first kappa shape index (κ1) is 62.3. The molecule has 0 saturated carbocycles. The van der Waals surface area contributed by atoms with E-state index in [-0.39, 0.29) is 38.0 Å². The average Bonchev–Trinajstić information content (AvgIpc) is 3.33. The highest BCUT2D eigenvalue weighted by Gasteiger charge is 2.19. The smallest absolute Gasteiger partial charge is 0.306 e. The molecule has 0 N–H and O–H groups in total. The molecule has 67 heavy (non-hydrogen) atoms. The van der Waals surface area contributed by atoms with Crippen molar-refractivity contribution in [1.82, 2.24) is 0 Å². The van der Waals surface area contributed by atoms with Crippen LogP contribution in [0.1, 0.15) is 201 Å². The molecule has 0 spiro atoms. The van der Waals surface area contributed by atoms with Crippen LogP contribution in [0.3, 0.4) is 0 Å². The third-order valence-electron chi connectivity index (χ3n) is 10.3. The maximum Gasteiger partial charge on any atom is 0.306 e. The van der Waals surface area contributed by atoms with Crippen molar-refractivity contribution in [3.8, 4) is 0 Å². The van der Waals surface area contributed by atoms with Crippen LogP contribution >= 0.6 is 0 Å². The van der Waals surface area contributed by atoms with E-state index in [0.29, 0.717) is 19.3 Å². The molecule has 6 nitrogen and oxygen atoms in total. The number of carbonyl (C=O) groups excluding carboxylic acids is 3. The van der Waals surface area contributed by atoms with Gasteiger partial charge in [0.1, 0.15) is 13.2 Å². The van der Waals surface area contributed by atoms with E-state index in [1.807, 2.05) is 0 Å². The van der Waals surface area contributed by atoms with E-state index < -0.39 is 12.1 Å². The number of esters is 3. The summed E-state index contributed by atoms with van der Waals surface area (Å²) in [5, 5.41) is 0. The van der Waals surface area contributed by atoms with E-state index in [9.17, 15) is 14.4 Å². The quantitative estimate of drug-likeness (QED) is 0.0262. The Morgan fingerprint density at radius 1 is 0.313 bits per heavy atom. The number of allylic oxidation sites excluding steroid dienone is 24. The number of rotatable bonds is 45. The molecule has 374 valence electrons. The Kier molecular flexibility index (Phi) is 50.1. The van der Waals surface area contributed by atoms with Gasteiger partial charge in [-0.05, 0) is 128 Å². The van der Waals surface area contributed by atoms with Crippen LogP contribution in [-0.4, -0.2) is 37.2 Å². The summed E-state index contributed by atoms with van der Waals surface area (Å²) in [7, 11) is 0. The van der Waals surface area contributed by atoms with Crippen LogP contribution in [0.25, 0.3) is 0 Å². The summed E-state index contributed by atoms with van der Waals surface area (Å²) in [5.41, 5.74) is 0. The van der Waals surface area contributed by atoms with Crippen molar-refractivity contribution in [1.29, 1.82) is 0 Å². The summed E-state index contributed by atoms with van der Waals surface area (Å²) in [6, 6.07) is 0. The summed E-state index contributed by atoms with van der Waals surface area (Å²) in [6.07, 6.45) is 77.0. The zero-order valence-electron chi connectivity index (χ0n) is 42.6. The van der Waals surface area contributed by atoms with Crippen LogP contribution in [0.15, 0.2) is 146 Å². The Balaban J connectivity index is 4.63. The lowest BCUT2D eigenvalue weighted by molar-refractivity contribution is -0.167. The molecule has 0 radical (unpaired) electrons. The van der Waals surface area contributed by atoms with E-state index in [2.05, 4.69) is 167 Å². The fraction of sp³-hybridized carbons (Fsp3) is 0.557. The molecule has 0 bridgehead atoms. The van der Waals surface area contributed by atoms with Crippen LogP contribution < -0.4 is 0 Å². The Labute approximate surface area is 410 Å². The predicted octanol–water partition coefficient (Wildman–Crippen LogP) is 17.6. The molecule has 0 fully saturated rings. The molecular formula is C61H94O6. The lowest BCUT2D eigenvalue weighted by Gasteiger charge is -2.18. The molecule has 6 heteroatoms. The molecule has 0 aromatic heterocycles. The van der Waals surface area contributed by atoms with Gasteiger partial charge in [-0.1, -0.05) is 199 Å². The van der Waals surface area contributed by atoms with E-state index in [0.717, 1.165) is 122 Å². The third kappa shape index (κ3) is 52.1. The van der Waals surface area contributed by atoms with E-state index in [1.165, 1.54) is 25.7 Å². The van der Waals surface area contributed by atoms with Crippen molar-refractivity contribution in [2.24, 2.45) is 0 Å². The SMILES string of the molecule is CC/C=C/C/C=C/C/C=C/C/C=C/C/C=C/CCCC(=O)OC[C@@H](COC(=O)CCCCCCC/C=C/C/C=C/CCCCC)OC(=O)CCC/C=C/C/C=C/C/C=C/C/C=C/C/C=C/CC. The Morgan fingerprint density at radius 3 is 0.970 bits per heavy atom. The minimum absolute atomic E-state index is 0.132. The number of unbranched alkanes of at least 4 members (excludes halogenated alkanes) is 10.